The SMILES string of the molecule is CC1(NC(=O)C(=O)c2c(Cl)c(C(=O)Nc3ccc(F)c(F)c3)c3n2CCC3)CCC(CC(O)O)CC1. The first-order valence-electron chi connectivity index (χ1n) is 11.9. The number of halogens is 3. The molecule has 2 aromatic rings. The number of fused-ring (bicyclic) bond motifs is 1. The van der Waals surface area contributed by atoms with E-state index in [2.05, 4.69) is 10.6 Å². The largest absolute Gasteiger partial charge is 0.368 e. The second-order valence-corrected chi connectivity index (χ2v) is 10.2. The number of carbonyl (C=O) groups excluding carboxylic acids is 3. The molecule has 0 radical (unpaired) electrons. The molecule has 1 aliphatic heterocycles. The monoisotopic (exact) mass is 523 g/mol. The Labute approximate surface area is 211 Å². The summed E-state index contributed by atoms with van der Waals surface area (Å²) >= 11 is 6.49. The third kappa shape index (κ3) is 5.30. The zero-order valence-corrected chi connectivity index (χ0v) is 20.5. The highest BCUT2D eigenvalue weighted by Crippen LogP contribution is 2.36. The van der Waals surface area contributed by atoms with E-state index in [-0.39, 0.29) is 34.3 Å². The first-order chi connectivity index (χ1) is 17.0. The van der Waals surface area contributed by atoms with Crippen LogP contribution in [0.15, 0.2) is 18.2 Å². The van der Waals surface area contributed by atoms with Crippen LogP contribution in [0.25, 0.3) is 0 Å². The molecule has 0 bridgehead atoms. The first kappa shape index (κ1) is 26.2. The summed E-state index contributed by atoms with van der Waals surface area (Å²) in [6, 6.07) is 2.93. The fourth-order valence-electron chi connectivity index (χ4n) is 5.18. The van der Waals surface area contributed by atoms with Crippen molar-refractivity contribution in [2.45, 2.75) is 70.2 Å². The third-order valence-electron chi connectivity index (χ3n) is 7.10. The van der Waals surface area contributed by atoms with Crippen LogP contribution in [0.1, 0.15) is 72.0 Å². The Kier molecular flexibility index (Phi) is 7.49. The van der Waals surface area contributed by atoms with E-state index in [1.54, 1.807) is 4.57 Å². The molecule has 0 saturated heterocycles. The summed E-state index contributed by atoms with van der Waals surface area (Å²) in [6.07, 6.45) is 2.51. The highest BCUT2D eigenvalue weighted by molar-refractivity contribution is 6.48. The predicted octanol–water partition coefficient (Wildman–Crippen LogP) is 3.57. The molecule has 1 aromatic heterocycles. The molecule has 2 amide bonds. The Hall–Kier alpha value is -2.82. The van der Waals surface area contributed by atoms with Gasteiger partial charge >= 0.3 is 0 Å². The van der Waals surface area contributed by atoms with Gasteiger partial charge in [-0.1, -0.05) is 11.6 Å². The van der Waals surface area contributed by atoms with Crippen LogP contribution in [0.5, 0.6) is 0 Å². The van der Waals surface area contributed by atoms with Gasteiger partial charge in [-0.25, -0.2) is 8.78 Å². The van der Waals surface area contributed by atoms with Crippen molar-refractivity contribution < 1.29 is 33.4 Å². The highest BCUT2D eigenvalue weighted by atomic mass is 35.5. The number of rotatable bonds is 7. The van der Waals surface area contributed by atoms with Crippen molar-refractivity contribution in [3.63, 3.8) is 0 Å². The number of carbonyl (C=O) groups is 3. The maximum Gasteiger partial charge on any atom is 0.294 e. The maximum absolute atomic E-state index is 13.6. The lowest BCUT2D eigenvalue weighted by Gasteiger charge is -2.38. The molecule has 194 valence electrons. The van der Waals surface area contributed by atoms with Crippen molar-refractivity contribution in [3.8, 4) is 0 Å². The van der Waals surface area contributed by atoms with Gasteiger partial charge in [0.15, 0.2) is 17.9 Å². The number of aromatic nitrogens is 1. The fourth-order valence-corrected chi connectivity index (χ4v) is 5.56. The molecule has 1 aromatic carbocycles. The van der Waals surface area contributed by atoms with Crippen LogP contribution in [-0.2, 0) is 17.8 Å². The molecule has 1 saturated carbocycles. The number of hydrogen-bond acceptors (Lipinski definition) is 5. The number of benzene rings is 1. The number of aliphatic hydroxyl groups excluding tert-OH is 1. The lowest BCUT2D eigenvalue weighted by atomic mass is 9.76. The smallest absolute Gasteiger partial charge is 0.294 e. The molecule has 2 heterocycles. The number of amides is 2. The van der Waals surface area contributed by atoms with E-state index in [0.717, 1.165) is 12.1 Å². The summed E-state index contributed by atoms with van der Waals surface area (Å²) in [6.45, 7) is 2.25. The highest BCUT2D eigenvalue weighted by Gasteiger charge is 2.38. The summed E-state index contributed by atoms with van der Waals surface area (Å²) in [5, 5.41) is 23.5. The Bertz CT molecular complexity index is 1200. The van der Waals surface area contributed by atoms with Gasteiger partial charge in [0.1, 0.15) is 5.69 Å². The van der Waals surface area contributed by atoms with Crippen LogP contribution in [0.2, 0.25) is 5.02 Å². The fraction of sp³-hybridized carbons (Fsp3) is 0.480. The molecule has 1 fully saturated rings. The maximum atomic E-state index is 13.6. The van der Waals surface area contributed by atoms with E-state index in [0.29, 0.717) is 50.8 Å². The topological polar surface area (TPSA) is 121 Å². The van der Waals surface area contributed by atoms with E-state index in [1.165, 1.54) is 6.07 Å². The lowest BCUT2D eigenvalue weighted by Crippen LogP contribution is -2.51. The van der Waals surface area contributed by atoms with Gasteiger partial charge in [-0.2, -0.15) is 0 Å². The molecule has 1 aliphatic carbocycles. The summed E-state index contributed by atoms with van der Waals surface area (Å²) in [4.78, 5) is 39.2. The standard InChI is InChI=1S/C25H28ClF2N3O5/c1-25(8-6-13(7-9-25)11-18(32)33)30-24(36)22(34)21-20(26)19(17-3-2-10-31(17)21)23(35)29-14-4-5-15(27)16(28)12-14/h4-5,12-13,18,32-33H,2-3,6-11H2,1H3,(H,29,35)(H,30,36). The van der Waals surface area contributed by atoms with E-state index in [4.69, 9.17) is 11.6 Å². The summed E-state index contributed by atoms with van der Waals surface area (Å²) in [7, 11) is 0. The lowest BCUT2D eigenvalue weighted by molar-refractivity contribution is -0.119. The zero-order valence-electron chi connectivity index (χ0n) is 19.7. The van der Waals surface area contributed by atoms with E-state index >= 15 is 0 Å². The van der Waals surface area contributed by atoms with Crippen molar-refractivity contribution in [1.29, 1.82) is 0 Å². The Morgan fingerprint density at radius 1 is 1.19 bits per heavy atom. The van der Waals surface area contributed by atoms with Gasteiger partial charge in [0.2, 0.25) is 0 Å². The molecule has 0 unspecified atom stereocenters. The van der Waals surface area contributed by atoms with Crippen molar-refractivity contribution in [2.24, 2.45) is 5.92 Å². The number of anilines is 1. The number of Topliss-reactive ketones (excluding diaryl/α,β-unsaturated/α-hetero) is 1. The van der Waals surface area contributed by atoms with Gasteiger partial charge in [0, 0.05) is 36.0 Å². The van der Waals surface area contributed by atoms with Gasteiger partial charge in [-0.3, -0.25) is 14.4 Å². The quantitative estimate of drug-likeness (QED) is 0.251. The average Bonchev–Trinajstić information content (AvgIpc) is 3.36. The molecule has 0 atom stereocenters. The third-order valence-corrected chi connectivity index (χ3v) is 7.47. The van der Waals surface area contributed by atoms with Gasteiger partial charge in [0.25, 0.3) is 17.6 Å². The van der Waals surface area contributed by atoms with Gasteiger partial charge < -0.3 is 25.4 Å². The Morgan fingerprint density at radius 3 is 2.53 bits per heavy atom. The van der Waals surface area contributed by atoms with E-state index < -0.39 is 41.1 Å². The zero-order chi connectivity index (χ0) is 26.2. The first-order valence-corrected chi connectivity index (χ1v) is 12.3. The number of nitrogens with zero attached hydrogens (tertiary/aromatic N) is 1. The summed E-state index contributed by atoms with van der Waals surface area (Å²) in [5.74, 6) is -4.42. The molecule has 36 heavy (non-hydrogen) atoms. The van der Waals surface area contributed by atoms with Crippen molar-refractivity contribution >= 4 is 34.9 Å². The Balaban J connectivity index is 1.52. The average molecular weight is 524 g/mol. The minimum atomic E-state index is -1.37. The van der Waals surface area contributed by atoms with Gasteiger partial charge in [0.05, 0.1) is 10.6 Å². The van der Waals surface area contributed by atoms with Crippen molar-refractivity contribution in [2.75, 3.05) is 5.32 Å². The molecular weight excluding hydrogens is 496 g/mol. The molecule has 8 nitrogen and oxygen atoms in total. The molecule has 4 N–H and O–H groups in total. The van der Waals surface area contributed by atoms with Gasteiger partial charge in [-0.05, 0) is 63.5 Å². The van der Waals surface area contributed by atoms with Gasteiger partial charge in [-0.15, -0.1) is 0 Å². The van der Waals surface area contributed by atoms with Crippen LogP contribution < -0.4 is 10.6 Å². The second kappa shape index (κ2) is 10.3. The molecule has 4 rings (SSSR count). The summed E-state index contributed by atoms with van der Waals surface area (Å²) in [5.41, 5.74) is -0.146. The van der Waals surface area contributed by atoms with Crippen LogP contribution in [0, 0.1) is 17.6 Å². The molecule has 11 heteroatoms. The molecule has 0 spiro atoms. The number of aliphatic hydroxyl groups is 2. The van der Waals surface area contributed by atoms with Crippen molar-refractivity contribution in [3.05, 3.63) is 51.8 Å². The normalized spacial score (nSPS) is 21.4. The molecular formula is C25H28ClF2N3O5. The predicted molar refractivity (Wildman–Crippen MR) is 128 cm³/mol. The van der Waals surface area contributed by atoms with Crippen molar-refractivity contribution in [1.82, 2.24) is 9.88 Å². The minimum absolute atomic E-state index is 0.0239. The van der Waals surface area contributed by atoms with Crippen LogP contribution in [0.3, 0.4) is 0 Å². The second-order valence-electron chi connectivity index (χ2n) is 9.83. The van der Waals surface area contributed by atoms with Crippen LogP contribution >= 0.6 is 11.6 Å². The number of nitrogens with one attached hydrogen (secondary N) is 2. The minimum Gasteiger partial charge on any atom is -0.368 e. The van der Waals surface area contributed by atoms with E-state index in [1.807, 2.05) is 6.92 Å². The van der Waals surface area contributed by atoms with Crippen LogP contribution in [0.4, 0.5) is 14.5 Å². The van der Waals surface area contributed by atoms with Crippen LogP contribution in [-0.4, -0.2) is 44.2 Å². The Morgan fingerprint density at radius 2 is 1.89 bits per heavy atom. The molecule has 2 aliphatic rings. The summed E-state index contributed by atoms with van der Waals surface area (Å²) < 4.78 is 28.4. The van der Waals surface area contributed by atoms with E-state index in [9.17, 15) is 33.4 Å². The number of ketones is 1. The number of hydrogen-bond donors (Lipinski definition) is 4.